The summed E-state index contributed by atoms with van der Waals surface area (Å²) in [5, 5.41) is 3.18. The molecule has 1 heterocycles. The third-order valence-corrected chi connectivity index (χ3v) is 4.92. The Hall–Kier alpha value is -3.08. The minimum Gasteiger partial charge on any atom is -0.491 e. The van der Waals surface area contributed by atoms with E-state index in [1.54, 1.807) is 0 Å². The first-order chi connectivity index (χ1) is 13.7. The van der Waals surface area contributed by atoms with Crippen molar-refractivity contribution in [2.45, 2.75) is 53.7 Å². The molecular weight excluding hydrogens is 364 g/mol. The predicted octanol–water partition coefficient (Wildman–Crippen LogP) is 4.69. The Morgan fingerprint density at radius 2 is 1.52 bits per heavy atom. The van der Waals surface area contributed by atoms with E-state index < -0.39 is 0 Å². The maximum atomic E-state index is 13.1. The molecule has 2 amide bonds. The van der Waals surface area contributed by atoms with Crippen molar-refractivity contribution < 1.29 is 14.3 Å². The molecule has 0 spiro atoms. The lowest BCUT2D eigenvalue weighted by atomic mass is 9.99. The number of amides is 2. The van der Waals surface area contributed by atoms with Gasteiger partial charge in [-0.25, -0.2) is 0 Å². The van der Waals surface area contributed by atoms with Crippen molar-refractivity contribution in [3.05, 3.63) is 64.9 Å². The quantitative estimate of drug-likeness (QED) is 0.725. The van der Waals surface area contributed by atoms with Crippen molar-refractivity contribution in [1.82, 2.24) is 4.90 Å². The zero-order chi connectivity index (χ0) is 21.3. The van der Waals surface area contributed by atoms with Crippen molar-refractivity contribution in [3.8, 4) is 5.75 Å². The Labute approximate surface area is 172 Å². The number of anilines is 1. The summed E-state index contributed by atoms with van der Waals surface area (Å²) < 4.78 is 5.67. The van der Waals surface area contributed by atoms with E-state index in [0.29, 0.717) is 11.3 Å². The molecule has 0 radical (unpaired) electrons. The molecule has 0 aliphatic carbocycles. The lowest BCUT2D eigenvalue weighted by Crippen LogP contribution is -2.38. The number of ether oxygens (including phenoxy) is 1. The van der Waals surface area contributed by atoms with E-state index >= 15 is 0 Å². The summed E-state index contributed by atoms with van der Waals surface area (Å²) >= 11 is 0. The molecule has 1 aliphatic rings. The second kappa shape index (κ2) is 8.11. The molecule has 5 heteroatoms. The number of carbonyl (C=O) groups is 2. The fourth-order valence-electron chi connectivity index (χ4n) is 3.33. The Kier molecular flexibility index (Phi) is 5.78. The van der Waals surface area contributed by atoms with Crippen molar-refractivity contribution in [3.63, 3.8) is 0 Å². The minimum absolute atomic E-state index is 0.0847. The van der Waals surface area contributed by atoms with Crippen molar-refractivity contribution in [2.75, 3.05) is 5.32 Å². The highest BCUT2D eigenvalue weighted by Gasteiger charge is 2.40. The first kappa shape index (κ1) is 20.6. The van der Waals surface area contributed by atoms with Gasteiger partial charge in [-0.05, 0) is 82.5 Å². The zero-order valence-corrected chi connectivity index (χ0v) is 17.9. The third kappa shape index (κ3) is 4.19. The number of nitrogens with zero attached hydrogens (tertiary/aromatic N) is 1. The van der Waals surface area contributed by atoms with Crippen LogP contribution in [0.15, 0.2) is 48.2 Å². The van der Waals surface area contributed by atoms with Gasteiger partial charge in [0.2, 0.25) is 0 Å². The molecule has 2 aromatic rings. The predicted molar refractivity (Wildman–Crippen MR) is 116 cm³/mol. The van der Waals surface area contributed by atoms with Crippen molar-refractivity contribution >= 4 is 23.1 Å². The molecule has 1 aliphatic heterocycles. The van der Waals surface area contributed by atoms with E-state index in [1.165, 1.54) is 4.90 Å². The second-order valence-corrected chi connectivity index (χ2v) is 7.94. The Morgan fingerprint density at radius 3 is 2.07 bits per heavy atom. The molecule has 0 bridgehead atoms. The van der Waals surface area contributed by atoms with Gasteiger partial charge in [0.05, 0.1) is 11.7 Å². The molecule has 0 unspecified atom stereocenters. The highest BCUT2D eigenvalue weighted by Crippen LogP contribution is 2.32. The lowest BCUT2D eigenvalue weighted by Gasteiger charge is -2.19. The van der Waals surface area contributed by atoms with Gasteiger partial charge in [0.15, 0.2) is 0 Å². The van der Waals surface area contributed by atoms with Gasteiger partial charge in [0.25, 0.3) is 11.8 Å². The number of hydrogen-bond donors (Lipinski definition) is 1. The van der Waals surface area contributed by atoms with Crippen LogP contribution in [0.4, 0.5) is 5.69 Å². The van der Waals surface area contributed by atoms with Crippen molar-refractivity contribution in [1.29, 1.82) is 0 Å². The van der Waals surface area contributed by atoms with E-state index in [2.05, 4.69) is 5.32 Å². The van der Waals surface area contributed by atoms with E-state index in [0.717, 1.165) is 28.1 Å². The molecule has 0 saturated carbocycles. The summed E-state index contributed by atoms with van der Waals surface area (Å²) in [6.07, 6.45) is 0.0847. The smallest absolute Gasteiger partial charge is 0.278 e. The van der Waals surface area contributed by atoms with Gasteiger partial charge < -0.3 is 10.1 Å². The topological polar surface area (TPSA) is 58.6 Å². The van der Waals surface area contributed by atoms with Crippen molar-refractivity contribution in [2.24, 2.45) is 0 Å². The second-order valence-electron chi connectivity index (χ2n) is 7.94. The van der Waals surface area contributed by atoms with Crippen LogP contribution >= 0.6 is 0 Å². The van der Waals surface area contributed by atoms with Crippen LogP contribution in [-0.4, -0.2) is 28.9 Å². The highest BCUT2D eigenvalue weighted by molar-refractivity contribution is 6.36. The molecule has 0 fully saturated rings. The number of imide groups is 1. The summed E-state index contributed by atoms with van der Waals surface area (Å²) in [5.41, 5.74) is 4.41. The third-order valence-electron chi connectivity index (χ3n) is 4.92. The van der Waals surface area contributed by atoms with Gasteiger partial charge in [0, 0.05) is 11.7 Å². The molecular formula is C24H28N2O3. The van der Waals surface area contributed by atoms with Crippen LogP contribution in [0.5, 0.6) is 5.75 Å². The summed E-state index contributed by atoms with van der Waals surface area (Å²) in [6.45, 7) is 11.6. The first-order valence-corrected chi connectivity index (χ1v) is 9.92. The summed E-state index contributed by atoms with van der Waals surface area (Å²) in [4.78, 5) is 27.5. The number of rotatable bonds is 6. The van der Waals surface area contributed by atoms with Crippen LogP contribution in [0.1, 0.15) is 44.4 Å². The van der Waals surface area contributed by atoms with E-state index in [9.17, 15) is 9.59 Å². The molecule has 3 rings (SSSR count). The average Bonchev–Trinajstić information content (AvgIpc) is 2.89. The molecule has 0 saturated heterocycles. The number of carbonyl (C=O) groups excluding carboxylic acids is 2. The number of nitrogens with one attached hydrogen (secondary N) is 1. The molecule has 0 atom stereocenters. The largest absolute Gasteiger partial charge is 0.491 e. The van der Waals surface area contributed by atoms with E-state index in [1.807, 2.05) is 84.0 Å². The SMILES string of the molecule is Cc1ccc(C2=C(Nc3ccc(OC(C)C)cc3)C(=O)N(C(C)C)C2=O)cc1C. The fourth-order valence-corrected chi connectivity index (χ4v) is 3.33. The standard InChI is InChI=1S/C24H28N2O3/c1-14(2)26-23(27)21(18-8-7-16(5)17(6)13-18)22(24(26)28)25-19-9-11-20(12-10-19)29-15(3)4/h7-15,25H,1-6H3. The summed E-state index contributed by atoms with van der Waals surface area (Å²) in [6, 6.07) is 13.0. The fraction of sp³-hybridized carbons (Fsp3) is 0.333. The van der Waals surface area contributed by atoms with Crippen LogP contribution in [0.2, 0.25) is 0 Å². The van der Waals surface area contributed by atoms with Gasteiger partial charge in [0.1, 0.15) is 11.4 Å². The van der Waals surface area contributed by atoms with Gasteiger partial charge in [-0.15, -0.1) is 0 Å². The maximum Gasteiger partial charge on any atom is 0.278 e. The van der Waals surface area contributed by atoms with Crippen LogP contribution in [0.25, 0.3) is 5.57 Å². The highest BCUT2D eigenvalue weighted by atomic mass is 16.5. The Balaban J connectivity index is 2.02. The zero-order valence-electron chi connectivity index (χ0n) is 17.9. The van der Waals surface area contributed by atoms with Gasteiger partial charge in [-0.3, -0.25) is 14.5 Å². The maximum absolute atomic E-state index is 13.1. The van der Waals surface area contributed by atoms with Gasteiger partial charge >= 0.3 is 0 Å². The molecule has 29 heavy (non-hydrogen) atoms. The van der Waals surface area contributed by atoms with Gasteiger partial charge in [-0.1, -0.05) is 18.2 Å². The molecule has 152 valence electrons. The number of aryl methyl sites for hydroxylation is 2. The van der Waals surface area contributed by atoms with Crippen LogP contribution < -0.4 is 10.1 Å². The molecule has 2 aromatic carbocycles. The Bertz CT molecular complexity index is 972. The number of hydrogen-bond acceptors (Lipinski definition) is 4. The van der Waals surface area contributed by atoms with Crippen LogP contribution in [0, 0.1) is 13.8 Å². The normalized spacial score (nSPS) is 14.4. The average molecular weight is 392 g/mol. The summed E-state index contributed by atoms with van der Waals surface area (Å²) in [5.74, 6) is 0.183. The molecule has 0 aromatic heterocycles. The summed E-state index contributed by atoms with van der Waals surface area (Å²) in [7, 11) is 0. The number of benzene rings is 2. The Morgan fingerprint density at radius 1 is 0.862 bits per heavy atom. The van der Waals surface area contributed by atoms with Gasteiger partial charge in [-0.2, -0.15) is 0 Å². The van der Waals surface area contributed by atoms with Crippen LogP contribution in [0.3, 0.4) is 0 Å². The van der Waals surface area contributed by atoms with E-state index in [4.69, 9.17) is 4.74 Å². The lowest BCUT2D eigenvalue weighted by molar-refractivity contribution is -0.138. The molecule has 1 N–H and O–H groups in total. The molecule has 5 nitrogen and oxygen atoms in total. The monoisotopic (exact) mass is 392 g/mol. The minimum atomic E-state index is -0.305. The first-order valence-electron chi connectivity index (χ1n) is 9.92. The van der Waals surface area contributed by atoms with Crippen LogP contribution in [-0.2, 0) is 9.59 Å². The van der Waals surface area contributed by atoms with E-state index in [-0.39, 0.29) is 24.0 Å².